The summed E-state index contributed by atoms with van der Waals surface area (Å²) in [4.78, 5) is 26.9. The van der Waals surface area contributed by atoms with Crippen LogP contribution in [0.4, 0.5) is 5.82 Å². The third-order valence-electron chi connectivity index (χ3n) is 5.07. The van der Waals surface area contributed by atoms with Gasteiger partial charge in [-0.3, -0.25) is 9.59 Å². The molecule has 0 unspecified atom stereocenters. The fraction of sp³-hybridized carbons (Fsp3) is 0.476. The number of nitrogens with one attached hydrogen (secondary N) is 1. The molecule has 1 aromatic carbocycles. The molecule has 27 heavy (non-hydrogen) atoms. The van der Waals surface area contributed by atoms with Gasteiger partial charge in [0, 0.05) is 19.0 Å². The zero-order chi connectivity index (χ0) is 18.9. The van der Waals surface area contributed by atoms with E-state index < -0.39 is 0 Å². The standard InChI is InChI=1S/C21H27N3O3/c25-20(22-19-13-14-27-23-19)16-24(15-18-9-5-2-6-10-18)21(26)12-11-17-7-3-1-4-8-17/h1,3-4,7-8,13-14,18H,2,5-6,9-12,15-16H2,(H,22,23,25). The second kappa shape index (κ2) is 9.90. The molecule has 0 aliphatic heterocycles. The maximum atomic E-state index is 12.8. The van der Waals surface area contributed by atoms with Gasteiger partial charge in [0.05, 0.1) is 6.54 Å². The zero-order valence-electron chi connectivity index (χ0n) is 15.6. The van der Waals surface area contributed by atoms with E-state index in [0.717, 1.165) is 18.4 Å². The van der Waals surface area contributed by atoms with Crippen molar-refractivity contribution in [1.29, 1.82) is 0 Å². The first kappa shape index (κ1) is 19.1. The first-order valence-electron chi connectivity index (χ1n) is 9.72. The summed E-state index contributed by atoms with van der Waals surface area (Å²) in [5.41, 5.74) is 1.13. The van der Waals surface area contributed by atoms with Crippen molar-refractivity contribution in [1.82, 2.24) is 10.1 Å². The van der Waals surface area contributed by atoms with Crippen LogP contribution in [0.1, 0.15) is 44.1 Å². The van der Waals surface area contributed by atoms with Crippen LogP contribution in [0.15, 0.2) is 47.2 Å². The third kappa shape index (κ3) is 6.24. The molecular weight excluding hydrogens is 342 g/mol. The summed E-state index contributed by atoms with van der Waals surface area (Å²) >= 11 is 0. The molecule has 1 saturated carbocycles. The molecule has 1 heterocycles. The molecule has 0 radical (unpaired) electrons. The lowest BCUT2D eigenvalue weighted by molar-refractivity contribution is -0.135. The Kier molecular flexibility index (Phi) is 7.02. The van der Waals surface area contributed by atoms with Crippen molar-refractivity contribution in [3.05, 3.63) is 48.2 Å². The van der Waals surface area contributed by atoms with Gasteiger partial charge >= 0.3 is 0 Å². The highest BCUT2D eigenvalue weighted by Gasteiger charge is 2.23. The predicted molar refractivity (Wildman–Crippen MR) is 103 cm³/mol. The van der Waals surface area contributed by atoms with Crippen LogP contribution in [-0.4, -0.2) is 35.0 Å². The molecule has 0 atom stereocenters. The minimum atomic E-state index is -0.243. The number of anilines is 1. The average Bonchev–Trinajstić information content (AvgIpc) is 3.20. The third-order valence-corrected chi connectivity index (χ3v) is 5.07. The molecule has 0 spiro atoms. The largest absolute Gasteiger partial charge is 0.363 e. The van der Waals surface area contributed by atoms with Crippen LogP contribution in [0.3, 0.4) is 0 Å². The van der Waals surface area contributed by atoms with Crippen molar-refractivity contribution >= 4 is 17.6 Å². The Bertz CT molecular complexity index is 710. The number of hydrogen-bond acceptors (Lipinski definition) is 4. The van der Waals surface area contributed by atoms with E-state index in [9.17, 15) is 9.59 Å². The molecule has 1 aliphatic carbocycles. The highest BCUT2D eigenvalue weighted by Crippen LogP contribution is 2.24. The number of nitrogens with zero attached hydrogens (tertiary/aromatic N) is 2. The number of aromatic nitrogens is 1. The van der Waals surface area contributed by atoms with Crippen LogP contribution in [0.25, 0.3) is 0 Å². The van der Waals surface area contributed by atoms with Crippen molar-refractivity contribution in [3.8, 4) is 0 Å². The summed E-state index contributed by atoms with van der Waals surface area (Å²) in [5.74, 6) is 0.640. The molecule has 2 aromatic rings. The summed E-state index contributed by atoms with van der Waals surface area (Å²) in [6.07, 6.45) is 8.45. The van der Waals surface area contributed by atoms with Crippen molar-refractivity contribution in [2.45, 2.75) is 44.9 Å². The van der Waals surface area contributed by atoms with E-state index in [0.29, 0.717) is 31.1 Å². The van der Waals surface area contributed by atoms with Gasteiger partial charge in [-0.05, 0) is 30.7 Å². The highest BCUT2D eigenvalue weighted by molar-refractivity contribution is 5.93. The summed E-state index contributed by atoms with van der Waals surface area (Å²) < 4.78 is 4.73. The summed E-state index contributed by atoms with van der Waals surface area (Å²) in [6, 6.07) is 11.6. The Hall–Kier alpha value is -2.63. The SMILES string of the molecule is O=C(CN(CC1CCCCC1)C(=O)CCc1ccccc1)Nc1ccon1. The van der Waals surface area contributed by atoms with Gasteiger partial charge in [-0.2, -0.15) is 0 Å². The number of hydrogen-bond donors (Lipinski definition) is 1. The van der Waals surface area contributed by atoms with Gasteiger partial charge in [0.15, 0.2) is 5.82 Å². The lowest BCUT2D eigenvalue weighted by atomic mass is 9.89. The normalized spacial score (nSPS) is 14.7. The maximum Gasteiger partial charge on any atom is 0.245 e. The van der Waals surface area contributed by atoms with Gasteiger partial charge in [-0.25, -0.2) is 0 Å². The second-order valence-corrected chi connectivity index (χ2v) is 7.20. The summed E-state index contributed by atoms with van der Waals surface area (Å²) in [7, 11) is 0. The zero-order valence-corrected chi connectivity index (χ0v) is 15.6. The van der Waals surface area contributed by atoms with Crippen molar-refractivity contribution < 1.29 is 14.1 Å². The van der Waals surface area contributed by atoms with E-state index >= 15 is 0 Å². The van der Waals surface area contributed by atoms with E-state index in [-0.39, 0.29) is 18.4 Å². The Morgan fingerprint density at radius 2 is 1.89 bits per heavy atom. The van der Waals surface area contributed by atoms with Gasteiger partial charge < -0.3 is 14.7 Å². The van der Waals surface area contributed by atoms with Crippen molar-refractivity contribution in [3.63, 3.8) is 0 Å². The van der Waals surface area contributed by atoms with Crippen LogP contribution in [0, 0.1) is 5.92 Å². The minimum Gasteiger partial charge on any atom is -0.363 e. The topological polar surface area (TPSA) is 75.4 Å². The van der Waals surface area contributed by atoms with Crippen molar-refractivity contribution in [2.75, 3.05) is 18.4 Å². The van der Waals surface area contributed by atoms with Gasteiger partial charge in [-0.1, -0.05) is 54.8 Å². The molecule has 6 heteroatoms. The van der Waals surface area contributed by atoms with Crippen LogP contribution in [0.2, 0.25) is 0 Å². The molecule has 1 fully saturated rings. The van der Waals surface area contributed by atoms with Crippen LogP contribution >= 0.6 is 0 Å². The number of rotatable bonds is 8. The maximum absolute atomic E-state index is 12.8. The Labute approximate surface area is 159 Å². The monoisotopic (exact) mass is 369 g/mol. The molecule has 0 saturated heterocycles. The number of amides is 2. The molecule has 3 rings (SSSR count). The molecule has 1 N–H and O–H groups in total. The Balaban J connectivity index is 1.58. The number of carbonyl (C=O) groups is 2. The van der Waals surface area contributed by atoms with Gasteiger partial charge in [0.25, 0.3) is 0 Å². The molecule has 144 valence electrons. The molecule has 2 amide bonds. The first-order valence-corrected chi connectivity index (χ1v) is 9.72. The molecule has 1 aromatic heterocycles. The Morgan fingerprint density at radius 1 is 1.11 bits per heavy atom. The number of benzene rings is 1. The first-order chi connectivity index (χ1) is 13.2. The Morgan fingerprint density at radius 3 is 2.59 bits per heavy atom. The van der Waals surface area contributed by atoms with E-state index in [1.165, 1.54) is 25.5 Å². The van der Waals surface area contributed by atoms with E-state index in [4.69, 9.17) is 4.52 Å². The smallest absolute Gasteiger partial charge is 0.245 e. The fourth-order valence-electron chi connectivity index (χ4n) is 3.62. The molecular formula is C21H27N3O3. The number of aryl methyl sites for hydroxylation is 1. The van der Waals surface area contributed by atoms with Gasteiger partial charge in [0.1, 0.15) is 6.26 Å². The summed E-state index contributed by atoms with van der Waals surface area (Å²) in [6.45, 7) is 0.705. The summed E-state index contributed by atoms with van der Waals surface area (Å²) in [5, 5.41) is 6.37. The minimum absolute atomic E-state index is 0.0275. The molecule has 6 nitrogen and oxygen atoms in total. The predicted octanol–water partition coefficient (Wildman–Crippen LogP) is 3.65. The quantitative estimate of drug-likeness (QED) is 0.770. The fourth-order valence-corrected chi connectivity index (χ4v) is 3.62. The van der Waals surface area contributed by atoms with Crippen LogP contribution in [-0.2, 0) is 16.0 Å². The molecule has 1 aliphatic rings. The average molecular weight is 369 g/mol. The second-order valence-electron chi connectivity index (χ2n) is 7.20. The van der Waals surface area contributed by atoms with Crippen LogP contribution in [0.5, 0.6) is 0 Å². The lowest BCUT2D eigenvalue weighted by Gasteiger charge is -2.29. The van der Waals surface area contributed by atoms with E-state index in [1.807, 2.05) is 30.3 Å². The lowest BCUT2D eigenvalue weighted by Crippen LogP contribution is -2.41. The molecule has 0 bridgehead atoms. The van der Waals surface area contributed by atoms with Gasteiger partial charge in [-0.15, -0.1) is 0 Å². The van der Waals surface area contributed by atoms with Crippen LogP contribution < -0.4 is 5.32 Å². The number of carbonyl (C=O) groups excluding carboxylic acids is 2. The van der Waals surface area contributed by atoms with Gasteiger partial charge in [0.2, 0.25) is 11.8 Å². The van der Waals surface area contributed by atoms with E-state index in [2.05, 4.69) is 10.5 Å². The van der Waals surface area contributed by atoms with Crippen molar-refractivity contribution in [2.24, 2.45) is 5.92 Å². The van der Waals surface area contributed by atoms with E-state index in [1.54, 1.807) is 11.0 Å². The highest BCUT2D eigenvalue weighted by atomic mass is 16.5.